The molecule has 25 heavy (non-hydrogen) atoms. The zero-order valence-corrected chi connectivity index (χ0v) is 15.0. The first-order chi connectivity index (χ1) is 11.6. The molecule has 8 nitrogen and oxygen atoms in total. The highest BCUT2D eigenvalue weighted by Crippen LogP contribution is 2.27. The zero-order valence-electron chi connectivity index (χ0n) is 15.0. The Morgan fingerprint density at radius 2 is 1.96 bits per heavy atom. The summed E-state index contributed by atoms with van der Waals surface area (Å²) in [5.74, 6) is -1.17. The molecule has 1 aromatic rings. The summed E-state index contributed by atoms with van der Waals surface area (Å²) in [5.41, 5.74) is 1.34. The minimum absolute atomic E-state index is 0.0169. The van der Waals surface area contributed by atoms with Crippen LogP contribution in [0.4, 0.5) is 5.69 Å². The first-order valence-corrected chi connectivity index (χ1v) is 8.12. The molecular weight excluding hydrogens is 326 g/mol. The van der Waals surface area contributed by atoms with E-state index < -0.39 is 16.9 Å². The van der Waals surface area contributed by atoms with E-state index in [0.29, 0.717) is 24.2 Å². The molecule has 0 saturated heterocycles. The van der Waals surface area contributed by atoms with Crippen LogP contribution in [0.1, 0.15) is 44.7 Å². The number of aliphatic carboxylic acids is 1. The molecular formula is C17H25N3O5. The van der Waals surface area contributed by atoms with E-state index in [2.05, 4.69) is 5.32 Å². The molecule has 0 saturated carbocycles. The van der Waals surface area contributed by atoms with E-state index in [9.17, 15) is 24.8 Å². The Morgan fingerprint density at radius 1 is 1.32 bits per heavy atom. The fourth-order valence-electron chi connectivity index (χ4n) is 2.51. The van der Waals surface area contributed by atoms with Crippen LogP contribution in [0.2, 0.25) is 0 Å². The maximum absolute atomic E-state index is 11.3. The Labute approximate surface area is 147 Å². The zero-order chi connectivity index (χ0) is 19.1. The lowest BCUT2D eigenvalue weighted by atomic mass is 9.99. The molecule has 0 spiro atoms. The van der Waals surface area contributed by atoms with E-state index in [1.165, 1.54) is 13.0 Å². The third-order valence-electron chi connectivity index (χ3n) is 3.98. The van der Waals surface area contributed by atoms with Crippen LogP contribution in [0, 0.1) is 10.1 Å². The van der Waals surface area contributed by atoms with Crippen molar-refractivity contribution in [3.63, 3.8) is 0 Å². The number of hydrogen-bond donors (Lipinski definition) is 2. The molecule has 0 radical (unpaired) electrons. The molecule has 0 bridgehead atoms. The smallest absolute Gasteiger partial charge is 0.320 e. The quantitative estimate of drug-likeness (QED) is 0.520. The third-order valence-corrected chi connectivity index (χ3v) is 3.98. The molecule has 0 aliphatic heterocycles. The first-order valence-electron chi connectivity index (χ1n) is 8.12. The first kappa shape index (κ1) is 20.6. The largest absolute Gasteiger partial charge is 0.480 e. The van der Waals surface area contributed by atoms with Gasteiger partial charge < -0.3 is 10.4 Å². The lowest BCUT2D eigenvalue weighted by molar-refractivity contribution is -0.385. The van der Waals surface area contributed by atoms with Crippen LogP contribution in [0.15, 0.2) is 18.2 Å². The SMILES string of the molecule is CC(=O)NCCN(Cc1ccc(C(C)C)c([N+](=O)[O-])c1)C(C)C(=O)O. The molecule has 8 heteroatoms. The average Bonchev–Trinajstić information content (AvgIpc) is 2.52. The fraction of sp³-hybridized carbons (Fsp3) is 0.529. The highest BCUT2D eigenvalue weighted by atomic mass is 16.6. The summed E-state index contributed by atoms with van der Waals surface area (Å²) in [7, 11) is 0. The van der Waals surface area contributed by atoms with Gasteiger partial charge in [-0.3, -0.25) is 24.6 Å². The molecule has 1 aromatic carbocycles. The number of carboxylic acids is 1. The molecule has 1 unspecified atom stereocenters. The van der Waals surface area contributed by atoms with E-state index in [4.69, 9.17) is 0 Å². The van der Waals surface area contributed by atoms with Crippen LogP contribution in [0.3, 0.4) is 0 Å². The van der Waals surface area contributed by atoms with Crippen LogP contribution in [-0.4, -0.2) is 45.9 Å². The number of rotatable bonds is 9. The second-order valence-corrected chi connectivity index (χ2v) is 6.27. The van der Waals surface area contributed by atoms with Gasteiger partial charge in [-0.2, -0.15) is 0 Å². The summed E-state index contributed by atoms with van der Waals surface area (Å²) < 4.78 is 0. The topological polar surface area (TPSA) is 113 Å². The maximum Gasteiger partial charge on any atom is 0.320 e. The Kier molecular flexibility index (Phi) is 7.50. The number of carboxylic acid groups (broad SMARTS) is 1. The standard InChI is InChI=1S/C17H25N3O5/c1-11(2)15-6-5-14(9-16(15)20(24)25)10-19(12(3)17(22)23)8-7-18-13(4)21/h5-6,9,11-12H,7-8,10H2,1-4H3,(H,18,21)(H,22,23). The van der Waals surface area contributed by atoms with Crippen molar-refractivity contribution in [2.24, 2.45) is 0 Å². The summed E-state index contributed by atoms with van der Waals surface area (Å²) in [5, 5.41) is 23.2. The molecule has 0 fully saturated rings. The van der Waals surface area contributed by atoms with Gasteiger partial charge in [-0.1, -0.05) is 26.0 Å². The fourth-order valence-corrected chi connectivity index (χ4v) is 2.51. The Hall–Kier alpha value is -2.48. The number of nitrogens with zero attached hydrogens (tertiary/aromatic N) is 2. The lowest BCUT2D eigenvalue weighted by Gasteiger charge is -2.26. The number of benzene rings is 1. The minimum atomic E-state index is -0.990. The van der Waals surface area contributed by atoms with Crippen molar-refractivity contribution in [3.05, 3.63) is 39.4 Å². The number of hydrogen-bond acceptors (Lipinski definition) is 5. The monoisotopic (exact) mass is 351 g/mol. The molecule has 1 amide bonds. The highest BCUT2D eigenvalue weighted by Gasteiger charge is 2.23. The maximum atomic E-state index is 11.3. The van der Waals surface area contributed by atoms with E-state index in [1.54, 1.807) is 24.0 Å². The normalized spacial score (nSPS) is 12.2. The second kappa shape index (κ2) is 9.12. The van der Waals surface area contributed by atoms with Crippen molar-refractivity contribution in [1.29, 1.82) is 0 Å². The number of nitro benzene ring substituents is 1. The van der Waals surface area contributed by atoms with Gasteiger partial charge in [-0.25, -0.2) is 0 Å². The summed E-state index contributed by atoms with van der Waals surface area (Å²) >= 11 is 0. The number of amides is 1. The Balaban J connectivity index is 3.02. The summed E-state index contributed by atoms with van der Waals surface area (Å²) in [4.78, 5) is 34.8. The van der Waals surface area contributed by atoms with Crippen LogP contribution in [-0.2, 0) is 16.1 Å². The number of nitrogens with one attached hydrogen (secondary N) is 1. The van der Waals surface area contributed by atoms with Gasteiger partial charge in [0.25, 0.3) is 5.69 Å². The van der Waals surface area contributed by atoms with E-state index in [0.717, 1.165) is 0 Å². The number of carbonyl (C=O) groups excluding carboxylic acids is 1. The van der Waals surface area contributed by atoms with Gasteiger partial charge in [0.1, 0.15) is 6.04 Å². The number of carbonyl (C=O) groups is 2. The molecule has 0 heterocycles. The van der Waals surface area contributed by atoms with Gasteiger partial charge in [0, 0.05) is 38.2 Å². The molecule has 1 rings (SSSR count). The van der Waals surface area contributed by atoms with Gasteiger partial charge in [-0.05, 0) is 18.4 Å². The molecule has 1 atom stereocenters. The van der Waals surface area contributed by atoms with Gasteiger partial charge in [-0.15, -0.1) is 0 Å². The predicted octanol–water partition coefficient (Wildman–Crippen LogP) is 2.13. The van der Waals surface area contributed by atoms with Gasteiger partial charge in [0.2, 0.25) is 5.91 Å². The van der Waals surface area contributed by atoms with Crippen LogP contribution in [0.5, 0.6) is 0 Å². The van der Waals surface area contributed by atoms with Crippen molar-refractivity contribution in [2.75, 3.05) is 13.1 Å². The highest BCUT2D eigenvalue weighted by molar-refractivity contribution is 5.73. The molecule has 0 aliphatic rings. The summed E-state index contributed by atoms with van der Waals surface area (Å²) in [6.07, 6.45) is 0. The summed E-state index contributed by atoms with van der Waals surface area (Å²) in [6, 6.07) is 4.21. The van der Waals surface area contributed by atoms with E-state index >= 15 is 0 Å². The van der Waals surface area contributed by atoms with Gasteiger partial charge in [0.05, 0.1) is 4.92 Å². The second-order valence-electron chi connectivity index (χ2n) is 6.27. The molecule has 0 aromatic heterocycles. The van der Waals surface area contributed by atoms with Crippen molar-refractivity contribution < 1.29 is 19.6 Å². The van der Waals surface area contributed by atoms with Gasteiger partial charge in [0.15, 0.2) is 0 Å². The predicted molar refractivity (Wildman–Crippen MR) is 93.4 cm³/mol. The van der Waals surface area contributed by atoms with E-state index in [1.807, 2.05) is 13.8 Å². The third kappa shape index (κ3) is 6.15. The molecule has 2 N–H and O–H groups in total. The van der Waals surface area contributed by atoms with Crippen molar-refractivity contribution >= 4 is 17.6 Å². The Morgan fingerprint density at radius 3 is 2.44 bits per heavy atom. The van der Waals surface area contributed by atoms with Crippen molar-refractivity contribution in [1.82, 2.24) is 10.2 Å². The van der Waals surface area contributed by atoms with Crippen molar-refractivity contribution in [3.8, 4) is 0 Å². The Bertz CT molecular complexity index is 645. The van der Waals surface area contributed by atoms with Gasteiger partial charge >= 0.3 is 5.97 Å². The molecule has 0 aliphatic carbocycles. The van der Waals surface area contributed by atoms with Crippen molar-refractivity contribution in [2.45, 2.75) is 46.2 Å². The minimum Gasteiger partial charge on any atom is -0.480 e. The van der Waals surface area contributed by atoms with Crippen LogP contribution >= 0.6 is 0 Å². The lowest BCUT2D eigenvalue weighted by Crippen LogP contribution is -2.42. The molecule has 138 valence electrons. The van der Waals surface area contributed by atoms with E-state index in [-0.39, 0.29) is 24.1 Å². The number of nitro groups is 1. The average molecular weight is 351 g/mol. The van der Waals surface area contributed by atoms with Crippen LogP contribution in [0.25, 0.3) is 0 Å². The summed E-state index contributed by atoms with van der Waals surface area (Å²) in [6.45, 7) is 7.58. The van der Waals surface area contributed by atoms with Crippen LogP contribution < -0.4 is 5.32 Å².